The van der Waals surface area contributed by atoms with Gasteiger partial charge in [-0.3, -0.25) is 4.79 Å². The van der Waals surface area contributed by atoms with Crippen LogP contribution in [0.25, 0.3) is 0 Å². The van der Waals surface area contributed by atoms with Crippen LogP contribution >= 0.6 is 0 Å². The Bertz CT molecular complexity index is 625. The Labute approximate surface area is 131 Å². The van der Waals surface area contributed by atoms with Crippen LogP contribution in [0.1, 0.15) is 33.1 Å². The predicted octanol–water partition coefficient (Wildman–Crippen LogP) is 1.83. The third-order valence-electron chi connectivity index (χ3n) is 3.85. The van der Waals surface area contributed by atoms with E-state index < -0.39 is 21.0 Å². The molecule has 1 amide bonds. The highest BCUT2D eigenvalue weighted by Gasteiger charge is 2.28. The van der Waals surface area contributed by atoms with Crippen molar-refractivity contribution < 1.29 is 13.2 Å². The number of aromatic nitrogens is 1. The molecule has 0 unspecified atom stereocenters. The van der Waals surface area contributed by atoms with Gasteiger partial charge < -0.3 is 10.2 Å². The molecule has 1 aliphatic heterocycles. The van der Waals surface area contributed by atoms with Crippen molar-refractivity contribution in [2.75, 3.05) is 29.1 Å². The number of carbonyl (C=O) groups is 1. The molecule has 0 bridgehead atoms. The third-order valence-corrected chi connectivity index (χ3v) is 6.12. The highest BCUT2D eigenvalue weighted by Crippen LogP contribution is 2.26. The van der Waals surface area contributed by atoms with E-state index in [2.05, 4.69) is 15.2 Å². The molecular formula is C15H23N3O3S. The van der Waals surface area contributed by atoms with Crippen molar-refractivity contribution in [3.63, 3.8) is 0 Å². The fourth-order valence-electron chi connectivity index (χ4n) is 2.53. The molecule has 1 fully saturated rings. The molecule has 0 radical (unpaired) electrons. The Morgan fingerprint density at radius 2 is 2.09 bits per heavy atom. The van der Waals surface area contributed by atoms with Crippen molar-refractivity contribution in [3.05, 3.63) is 18.3 Å². The lowest BCUT2D eigenvalue weighted by Crippen LogP contribution is -2.34. The van der Waals surface area contributed by atoms with Gasteiger partial charge in [0.1, 0.15) is 5.25 Å². The standard InChI is InChI=1S/C15H23N3O3S/c1-3-11-22(20,21)12(2)15(19)17-13-7-6-8-16-14(13)18-9-4-5-10-18/h6-8,12H,3-5,9-11H2,1-2H3,(H,17,19)/t12-/m1/s1. The Balaban J connectivity index is 2.15. The number of rotatable bonds is 6. The van der Waals surface area contributed by atoms with Gasteiger partial charge in [-0.1, -0.05) is 6.92 Å². The van der Waals surface area contributed by atoms with E-state index >= 15 is 0 Å². The van der Waals surface area contributed by atoms with Gasteiger partial charge in [-0.15, -0.1) is 0 Å². The van der Waals surface area contributed by atoms with Gasteiger partial charge in [-0.05, 0) is 38.3 Å². The van der Waals surface area contributed by atoms with Crippen LogP contribution in [-0.4, -0.2) is 43.4 Å². The van der Waals surface area contributed by atoms with Crippen LogP contribution in [-0.2, 0) is 14.6 Å². The second-order valence-corrected chi connectivity index (χ2v) is 8.01. The van der Waals surface area contributed by atoms with Gasteiger partial charge in [0.05, 0.1) is 11.4 Å². The van der Waals surface area contributed by atoms with Crippen LogP contribution in [0.3, 0.4) is 0 Å². The molecule has 122 valence electrons. The minimum atomic E-state index is -3.41. The maximum absolute atomic E-state index is 12.3. The number of hydrogen-bond acceptors (Lipinski definition) is 5. The van der Waals surface area contributed by atoms with Crippen molar-refractivity contribution in [2.45, 2.75) is 38.4 Å². The Hall–Kier alpha value is -1.63. The van der Waals surface area contributed by atoms with Crippen LogP contribution < -0.4 is 10.2 Å². The number of sulfone groups is 1. The molecule has 1 saturated heterocycles. The first-order valence-corrected chi connectivity index (χ1v) is 9.39. The largest absolute Gasteiger partial charge is 0.355 e. The normalized spacial score (nSPS) is 16.5. The predicted molar refractivity (Wildman–Crippen MR) is 87.9 cm³/mol. The summed E-state index contributed by atoms with van der Waals surface area (Å²) in [6.07, 6.45) is 4.39. The van der Waals surface area contributed by atoms with E-state index in [4.69, 9.17) is 0 Å². The van der Waals surface area contributed by atoms with Gasteiger partial charge in [0, 0.05) is 19.3 Å². The molecular weight excluding hydrogens is 302 g/mol. The van der Waals surface area contributed by atoms with Crippen LogP contribution in [0.15, 0.2) is 18.3 Å². The van der Waals surface area contributed by atoms with Crippen LogP contribution in [0.4, 0.5) is 11.5 Å². The minimum absolute atomic E-state index is 0.0214. The van der Waals surface area contributed by atoms with Crippen molar-refractivity contribution >= 4 is 27.2 Å². The topological polar surface area (TPSA) is 79.4 Å². The molecule has 0 saturated carbocycles. The molecule has 2 heterocycles. The highest BCUT2D eigenvalue weighted by molar-refractivity contribution is 7.92. The summed E-state index contributed by atoms with van der Waals surface area (Å²) in [5, 5.41) is 1.67. The summed E-state index contributed by atoms with van der Waals surface area (Å²) in [6, 6.07) is 3.50. The molecule has 1 aliphatic rings. The third kappa shape index (κ3) is 3.76. The number of carbonyl (C=O) groups excluding carboxylic acids is 1. The molecule has 0 aliphatic carbocycles. The van der Waals surface area contributed by atoms with Gasteiger partial charge >= 0.3 is 0 Å². The second kappa shape index (κ2) is 7.09. The lowest BCUT2D eigenvalue weighted by Gasteiger charge is -2.21. The van der Waals surface area contributed by atoms with E-state index in [0.29, 0.717) is 17.9 Å². The van der Waals surface area contributed by atoms with E-state index in [1.807, 2.05) is 0 Å². The SMILES string of the molecule is CCCS(=O)(=O)[C@H](C)C(=O)Nc1cccnc1N1CCCC1. The first kappa shape index (κ1) is 16.7. The van der Waals surface area contributed by atoms with E-state index in [1.54, 1.807) is 25.3 Å². The fourth-order valence-corrected chi connectivity index (χ4v) is 3.84. The average molecular weight is 325 g/mol. The average Bonchev–Trinajstić information content (AvgIpc) is 3.01. The number of pyridine rings is 1. The zero-order valence-corrected chi connectivity index (χ0v) is 13.9. The van der Waals surface area contributed by atoms with E-state index in [0.717, 1.165) is 25.9 Å². The van der Waals surface area contributed by atoms with Crippen LogP contribution in [0.5, 0.6) is 0 Å². The zero-order valence-electron chi connectivity index (χ0n) is 13.1. The first-order chi connectivity index (χ1) is 10.5. The number of nitrogens with zero attached hydrogens (tertiary/aromatic N) is 2. The smallest absolute Gasteiger partial charge is 0.242 e. The lowest BCUT2D eigenvalue weighted by atomic mass is 10.3. The molecule has 0 aromatic carbocycles. The molecule has 0 spiro atoms. The van der Waals surface area contributed by atoms with E-state index in [9.17, 15) is 13.2 Å². The van der Waals surface area contributed by atoms with Crippen molar-refractivity contribution in [1.29, 1.82) is 0 Å². The number of amides is 1. The van der Waals surface area contributed by atoms with E-state index in [1.165, 1.54) is 6.92 Å². The monoisotopic (exact) mass is 325 g/mol. The maximum Gasteiger partial charge on any atom is 0.242 e. The van der Waals surface area contributed by atoms with Gasteiger partial charge in [-0.25, -0.2) is 13.4 Å². The number of anilines is 2. The molecule has 1 aromatic rings. The van der Waals surface area contributed by atoms with Gasteiger partial charge in [0.25, 0.3) is 0 Å². The zero-order chi connectivity index (χ0) is 16.2. The highest BCUT2D eigenvalue weighted by atomic mass is 32.2. The molecule has 2 rings (SSSR count). The Morgan fingerprint density at radius 3 is 2.73 bits per heavy atom. The number of hydrogen-bond donors (Lipinski definition) is 1. The Morgan fingerprint density at radius 1 is 1.41 bits per heavy atom. The lowest BCUT2D eigenvalue weighted by molar-refractivity contribution is -0.115. The maximum atomic E-state index is 12.3. The van der Waals surface area contributed by atoms with Crippen molar-refractivity contribution in [3.8, 4) is 0 Å². The summed E-state index contributed by atoms with van der Waals surface area (Å²) in [7, 11) is -3.41. The van der Waals surface area contributed by atoms with Crippen molar-refractivity contribution in [1.82, 2.24) is 4.98 Å². The molecule has 7 heteroatoms. The quantitative estimate of drug-likeness (QED) is 0.863. The van der Waals surface area contributed by atoms with Gasteiger partial charge in [-0.2, -0.15) is 0 Å². The molecule has 1 N–H and O–H groups in total. The number of nitrogens with one attached hydrogen (secondary N) is 1. The van der Waals surface area contributed by atoms with Crippen molar-refractivity contribution in [2.24, 2.45) is 0 Å². The Kier molecular flexibility index (Phi) is 5.39. The van der Waals surface area contributed by atoms with E-state index in [-0.39, 0.29) is 5.75 Å². The van der Waals surface area contributed by atoms with Gasteiger partial charge in [0.15, 0.2) is 15.7 Å². The summed E-state index contributed by atoms with van der Waals surface area (Å²) in [5.41, 5.74) is 0.577. The summed E-state index contributed by atoms with van der Waals surface area (Å²) < 4.78 is 24.0. The molecule has 1 atom stereocenters. The summed E-state index contributed by atoms with van der Waals surface area (Å²) in [6.45, 7) is 5.04. The second-order valence-electron chi connectivity index (χ2n) is 5.57. The molecule has 1 aromatic heterocycles. The summed E-state index contributed by atoms with van der Waals surface area (Å²) in [4.78, 5) is 18.7. The summed E-state index contributed by atoms with van der Waals surface area (Å²) >= 11 is 0. The fraction of sp³-hybridized carbons (Fsp3) is 0.600. The first-order valence-electron chi connectivity index (χ1n) is 7.68. The van der Waals surface area contributed by atoms with Crippen LogP contribution in [0, 0.1) is 0 Å². The summed E-state index contributed by atoms with van der Waals surface area (Å²) in [5.74, 6) is 0.239. The molecule has 22 heavy (non-hydrogen) atoms. The minimum Gasteiger partial charge on any atom is -0.355 e. The van der Waals surface area contributed by atoms with Gasteiger partial charge in [0.2, 0.25) is 5.91 Å². The van der Waals surface area contributed by atoms with Crippen LogP contribution in [0.2, 0.25) is 0 Å². The molecule has 6 nitrogen and oxygen atoms in total.